The summed E-state index contributed by atoms with van der Waals surface area (Å²) >= 11 is 1.12. The molecule has 1 spiro atoms. The maximum absolute atomic E-state index is 13.9. The molecule has 2 saturated carbocycles. The first-order valence-electron chi connectivity index (χ1n) is 12.0. The molecule has 2 radical (unpaired) electrons. The summed E-state index contributed by atoms with van der Waals surface area (Å²) in [6.07, 6.45) is 5.65. The molecule has 1 aromatic heterocycles. The Hall–Kier alpha value is -2.36. The highest BCUT2D eigenvalue weighted by atomic mass is 32.1. The highest BCUT2D eigenvalue weighted by Gasteiger charge is 2.56. The minimum Gasteiger partial charge on any atom is -0.465 e. The van der Waals surface area contributed by atoms with Gasteiger partial charge in [-0.05, 0) is 68.1 Å². The molecule has 3 aliphatic rings. The normalized spacial score (nSPS) is 29.6. The summed E-state index contributed by atoms with van der Waals surface area (Å²) in [5, 5.41) is 0. The number of esters is 1. The third kappa shape index (κ3) is 4.03. The molecule has 0 unspecified atom stereocenters. The Kier molecular flexibility index (Phi) is 6.81. The van der Waals surface area contributed by atoms with Crippen molar-refractivity contribution >= 4 is 53.5 Å². The minimum absolute atomic E-state index is 0.00935. The van der Waals surface area contributed by atoms with E-state index in [2.05, 4.69) is 6.92 Å². The van der Waals surface area contributed by atoms with Crippen molar-refractivity contribution in [1.29, 1.82) is 0 Å². The number of likely N-dealkylation sites (N-methyl/N-ethyl adjacent to an activating group) is 2. The molecule has 8 nitrogen and oxygen atoms in total. The van der Waals surface area contributed by atoms with E-state index in [1.165, 1.54) is 19.1 Å². The van der Waals surface area contributed by atoms with E-state index in [1.54, 1.807) is 22.9 Å². The van der Waals surface area contributed by atoms with Crippen molar-refractivity contribution in [3.05, 3.63) is 10.9 Å². The van der Waals surface area contributed by atoms with Gasteiger partial charge in [0.15, 0.2) is 0 Å². The number of methoxy groups -OCH3 is 1. The number of amides is 4. The lowest BCUT2D eigenvalue weighted by atomic mass is 9.77. The van der Waals surface area contributed by atoms with Gasteiger partial charge < -0.3 is 14.5 Å². The highest BCUT2D eigenvalue weighted by molar-refractivity contribution is 7.22. The van der Waals surface area contributed by atoms with Gasteiger partial charge in [0.25, 0.3) is 5.91 Å². The van der Waals surface area contributed by atoms with Crippen molar-refractivity contribution < 1.29 is 23.9 Å². The van der Waals surface area contributed by atoms with Crippen LogP contribution in [0.4, 0.5) is 10.5 Å². The van der Waals surface area contributed by atoms with Crippen molar-refractivity contribution in [3.8, 4) is 0 Å². The van der Waals surface area contributed by atoms with Gasteiger partial charge in [-0.3, -0.25) is 14.5 Å². The van der Waals surface area contributed by atoms with E-state index in [4.69, 9.17) is 12.6 Å². The minimum atomic E-state index is -0.865. The van der Waals surface area contributed by atoms with Crippen molar-refractivity contribution in [1.82, 2.24) is 9.80 Å². The van der Waals surface area contributed by atoms with E-state index in [-0.39, 0.29) is 29.8 Å². The summed E-state index contributed by atoms with van der Waals surface area (Å²) in [6, 6.07) is 1.19. The third-order valence-electron chi connectivity index (χ3n) is 8.03. The van der Waals surface area contributed by atoms with Gasteiger partial charge in [-0.2, -0.15) is 0 Å². The number of carbonyl (C=O) groups is 4. The Labute approximate surface area is 206 Å². The average Bonchev–Trinajstić information content (AvgIpc) is 3.29. The van der Waals surface area contributed by atoms with Gasteiger partial charge in [0.2, 0.25) is 5.91 Å². The van der Waals surface area contributed by atoms with Crippen molar-refractivity contribution in [2.75, 3.05) is 26.1 Å². The van der Waals surface area contributed by atoms with E-state index in [0.29, 0.717) is 46.9 Å². The molecule has 10 heteroatoms. The molecule has 0 bridgehead atoms. The van der Waals surface area contributed by atoms with Crippen LogP contribution in [-0.4, -0.2) is 74.2 Å². The first-order chi connectivity index (χ1) is 16.1. The van der Waals surface area contributed by atoms with Gasteiger partial charge >= 0.3 is 12.0 Å². The fraction of sp³-hybridized carbons (Fsp3) is 0.667. The topological polar surface area (TPSA) is 87.2 Å². The predicted molar refractivity (Wildman–Crippen MR) is 131 cm³/mol. The zero-order valence-electron chi connectivity index (χ0n) is 20.3. The molecule has 0 atom stereocenters. The Morgan fingerprint density at radius 2 is 1.74 bits per heavy atom. The molecule has 1 saturated heterocycles. The van der Waals surface area contributed by atoms with Crippen LogP contribution in [0.2, 0.25) is 0 Å². The summed E-state index contributed by atoms with van der Waals surface area (Å²) in [7, 11) is 10.6. The van der Waals surface area contributed by atoms with Gasteiger partial charge in [-0.15, -0.1) is 11.3 Å². The number of hydrogen-bond acceptors (Lipinski definition) is 6. The number of thiophene rings is 1. The van der Waals surface area contributed by atoms with E-state index in [1.807, 2.05) is 0 Å². The van der Waals surface area contributed by atoms with Crippen molar-refractivity contribution in [2.24, 2.45) is 11.8 Å². The van der Waals surface area contributed by atoms with Gasteiger partial charge in [0, 0.05) is 26.1 Å². The van der Waals surface area contributed by atoms with E-state index in [9.17, 15) is 19.2 Å². The van der Waals surface area contributed by atoms with Gasteiger partial charge in [-0.1, -0.05) is 6.92 Å². The Morgan fingerprint density at radius 3 is 2.26 bits per heavy atom. The number of anilines is 1. The fourth-order valence-electron chi connectivity index (χ4n) is 5.86. The zero-order valence-corrected chi connectivity index (χ0v) is 21.2. The molecule has 1 aromatic rings. The van der Waals surface area contributed by atoms with Crippen LogP contribution in [0.3, 0.4) is 0 Å². The van der Waals surface area contributed by atoms with E-state index < -0.39 is 11.5 Å². The lowest BCUT2D eigenvalue weighted by Crippen LogP contribution is -2.55. The SMILES string of the molecule is [B]c1cc(N(C(=O)C2CCC(C)CC2)C2CCC3(CC2)C(=O)N(C)C(=O)N3C)c(C(=O)OC)s1. The smallest absolute Gasteiger partial charge is 0.350 e. The second-order valence-corrected chi connectivity index (χ2v) is 11.1. The number of urea groups is 1. The summed E-state index contributed by atoms with van der Waals surface area (Å²) in [4.78, 5) is 56.6. The molecule has 34 heavy (non-hydrogen) atoms. The van der Waals surface area contributed by atoms with E-state index in [0.717, 1.165) is 37.0 Å². The maximum atomic E-state index is 13.9. The molecular formula is C24H32BN3O5S. The molecule has 2 heterocycles. The molecule has 0 aromatic carbocycles. The van der Waals surface area contributed by atoms with Crippen LogP contribution in [0.1, 0.15) is 68.0 Å². The van der Waals surface area contributed by atoms with Gasteiger partial charge in [-0.25, -0.2) is 9.59 Å². The third-order valence-corrected chi connectivity index (χ3v) is 8.96. The average molecular weight is 485 g/mol. The monoisotopic (exact) mass is 485 g/mol. The molecule has 2 aliphatic carbocycles. The first kappa shape index (κ1) is 24.8. The van der Waals surface area contributed by atoms with Crippen LogP contribution in [0, 0.1) is 11.8 Å². The lowest BCUT2D eigenvalue weighted by Gasteiger charge is -2.44. The number of hydrogen-bond donors (Lipinski definition) is 0. The van der Waals surface area contributed by atoms with E-state index >= 15 is 0 Å². The standard InChI is InChI=1S/C24H32BN3O5S/c1-14-5-7-15(8-6-14)20(29)28(17-13-18(25)34-19(17)21(30)33-4)16-9-11-24(12-10-16)22(31)26(2)23(32)27(24)3/h13-16H,5-12H2,1-4H3. The van der Waals surface area contributed by atoms with Crippen LogP contribution in [0.15, 0.2) is 6.07 Å². The van der Waals surface area contributed by atoms with Gasteiger partial charge in [0.1, 0.15) is 18.3 Å². The number of imide groups is 1. The predicted octanol–water partition coefficient (Wildman–Crippen LogP) is 2.69. The first-order valence-corrected chi connectivity index (χ1v) is 12.8. The number of ether oxygens (including phenoxy) is 1. The highest BCUT2D eigenvalue weighted by Crippen LogP contribution is 2.43. The van der Waals surface area contributed by atoms with Crippen LogP contribution < -0.4 is 9.68 Å². The Morgan fingerprint density at radius 1 is 1.12 bits per heavy atom. The van der Waals surface area contributed by atoms with Crippen LogP contribution >= 0.6 is 11.3 Å². The molecule has 3 fully saturated rings. The zero-order chi connectivity index (χ0) is 24.8. The Balaban J connectivity index is 1.65. The van der Waals surface area contributed by atoms with Crippen molar-refractivity contribution in [3.63, 3.8) is 0 Å². The maximum Gasteiger partial charge on any atom is 0.350 e. The molecule has 4 amide bonds. The molecule has 4 rings (SSSR count). The van der Waals surface area contributed by atoms with Crippen LogP contribution in [0.5, 0.6) is 0 Å². The fourth-order valence-corrected chi connectivity index (χ4v) is 6.69. The largest absolute Gasteiger partial charge is 0.465 e. The van der Waals surface area contributed by atoms with Crippen molar-refractivity contribution in [2.45, 2.75) is 69.9 Å². The number of carbonyl (C=O) groups excluding carboxylic acids is 4. The molecular weight excluding hydrogens is 453 g/mol. The number of nitrogens with zero attached hydrogens (tertiary/aromatic N) is 3. The molecule has 0 N–H and O–H groups in total. The molecule has 182 valence electrons. The lowest BCUT2D eigenvalue weighted by molar-refractivity contribution is -0.133. The summed E-state index contributed by atoms with van der Waals surface area (Å²) < 4.78 is 5.42. The van der Waals surface area contributed by atoms with Crippen LogP contribution in [-0.2, 0) is 14.3 Å². The second-order valence-electron chi connectivity index (χ2n) is 9.99. The number of rotatable bonds is 4. The second kappa shape index (κ2) is 9.36. The summed E-state index contributed by atoms with van der Waals surface area (Å²) in [5.41, 5.74) is -0.367. The summed E-state index contributed by atoms with van der Waals surface area (Å²) in [6.45, 7) is 2.21. The van der Waals surface area contributed by atoms with Crippen LogP contribution in [0.25, 0.3) is 0 Å². The Bertz CT molecular complexity index is 995. The quantitative estimate of drug-likeness (QED) is 0.372. The van der Waals surface area contributed by atoms with Gasteiger partial charge in [0.05, 0.1) is 12.8 Å². The molecule has 1 aliphatic heterocycles. The summed E-state index contributed by atoms with van der Waals surface area (Å²) in [5.74, 6) is -0.199.